The first-order valence-corrected chi connectivity index (χ1v) is 8.31. The lowest BCUT2D eigenvalue weighted by Crippen LogP contribution is -2.13. The van der Waals surface area contributed by atoms with Crippen LogP contribution < -0.4 is 19.5 Å². The van der Waals surface area contributed by atoms with E-state index in [-0.39, 0.29) is 5.91 Å². The molecule has 1 N–H and O–H groups in total. The van der Waals surface area contributed by atoms with Crippen molar-refractivity contribution in [2.24, 2.45) is 0 Å². The van der Waals surface area contributed by atoms with Crippen LogP contribution in [-0.4, -0.2) is 26.7 Å². The number of ether oxygens (including phenoxy) is 3. The maximum Gasteiger partial charge on any atom is 0.224 e. The third-order valence-corrected chi connectivity index (χ3v) is 3.81. The summed E-state index contributed by atoms with van der Waals surface area (Å²) in [6, 6.07) is 10.7. The quantitative estimate of drug-likeness (QED) is 0.703. The molecular formula is C19H22ClNO4. The van der Waals surface area contributed by atoms with Crippen LogP contribution in [0.4, 0.5) is 5.69 Å². The number of rotatable bonds is 8. The lowest BCUT2D eigenvalue weighted by molar-refractivity contribution is -0.116. The van der Waals surface area contributed by atoms with Crippen LogP contribution >= 0.6 is 11.6 Å². The summed E-state index contributed by atoms with van der Waals surface area (Å²) >= 11 is 5.91. The third-order valence-electron chi connectivity index (χ3n) is 3.58. The van der Waals surface area contributed by atoms with E-state index in [1.807, 2.05) is 19.1 Å². The summed E-state index contributed by atoms with van der Waals surface area (Å²) in [5, 5.41) is 3.52. The van der Waals surface area contributed by atoms with Crippen LogP contribution in [0.25, 0.3) is 0 Å². The summed E-state index contributed by atoms with van der Waals surface area (Å²) in [6.07, 6.45) is 0.959. The number of hydrogen-bond donors (Lipinski definition) is 1. The Labute approximate surface area is 152 Å². The minimum atomic E-state index is -0.0910. The van der Waals surface area contributed by atoms with Crippen molar-refractivity contribution in [2.45, 2.75) is 19.8 Å². The first-order valence-electron chi connectivity index (χ1n) is 7.93. The summed E-state index contributed by atoms with van der Waals surface area (Å²) in [7, 11) is 3.13. The van der Waals surface area contributed by atoms with Crippen molar-refractivity contribution in [3.8, 4) is 17.2 Å². The van der Waals surface area contributed by atoms with Crippen LogP contribution in [0.3, 0.4) is 0 Å². The number of halogens is 1. The van der Waals surface area contributed by atoms with Crippen molar-refractivity contribution >= 4 is 23.2 Å². The number of hydrogen-bond acceptors (Lipinski definition) is 4. The van der Waals surface area contributed by atoms with Crippen LogP contribution in [0.15, 0.2) is 36.4 Å². The molecule has 0 aromatic heterocycles. The van der Waals surface area contributed by atoms with Crippen molar-refractivity contribution in [1.82, 2.24) is 0 Å². The van der Waals surface area contributed by atoms with Gasteiger partial charge < -0.3 is 19.5 Å². The first kappa shape index (κ1) is 18.9. The molecule has 0 saturated heterocycles. The molecule has 0 radical (unpaired) electrons. The average molecular weight is 364 g/mol. The maximum absolute atomic E-state index is 12.1. The molecule has 0 atom stereocenters. The maximum atomic E-state index is 12.1. The Morgan fingerprint density at radius 2 is 1.76 bits per heavy atom. The Balaban J connectivity index is 1.81. The average Bonchev–Trinajstić information content (AvgIpc) is 2.59. The fourth-order valence-corrected chi connectivity index (χ4v) is 2.52. The molecule has 1 amide bonds. The monoisotopic (exact) mass is 363 g/mol. The zero-order chi connectivity index (χ0) is 18.2. The van der Waals surface area contributed by atoms with Crippen molar-refractivity contribution < 1.29 is 19.0 Å². The van der Waals surface area contributed by atoms with Gasteiger partial charge >= 0.3 is 0 Å². The van der Waals surface area contributed by atoms with Gasteiger partial charge in [0, 0.05) is 35.3 Å². The van der Waals surface area contributed by atoms with E-state index in [0.29, 0.717) is 41.7 Å². The number of carbonyl (C=O) groups excluding carboxylic acids is 1. The highest BCUT2D eigenvalue weighted by atomic mass is 35.5. The number of nitrogens with one attached hydrogen (secondary N) is 1. The molecule has 25 heavy (non-hydrogen) atoms. The summed E-state index contributed by atoms with van der Waals surface area (Å²) in [6.45, 7) is 2.39. The van der Waals surface area contributed by atoms with Crippen molar-refractivity contribution in [3.63, 3.8) is 0 Å². The Hall–Kier alpha value is -2.40. The topological polar surface area (TPSA) is 56.8 Å². The van der Waals surface area contributed by atoms with E-state index < -0.39 is 0 Å². The van der Waals surface area contributed by atoms with Gasteiger partial charge in [-0.25, -0.2) is 0 Å². The fourth-order valence-electron chi connectivity index (χ4n) is 2.29. The molecule has 0 heterocycles. The summed E-state index contributed by atoms with van der Waals surface area (Å²) in [5.41, 5.74) is 1.61. The number of aryl methyl sites for hydroxylation is 1. The first-order chi connectivity index (χ1) is 12.0. The van der Waals surface area contributed by atoms with E-state index >= 15 is 0 Å². The van der Waals surface area contributed by atoms with Gasteiger partial charge in [-0.1, -0.05) is 11.6 Å². The Bertz CT molecular complexity index is 711. The van der Waals surface area contributed by atoms with Gasteiger partial charge in [0.15, 0.2) is 0 Å². The molecule has 2 rings (SSSR count). The predicted octanol–water partition coefficient (Wildman–Crippen LogP) is 4.46. The molecule has 0 bridgehead atoms. The summed E-state index contributed by atoms with van der Waals surface area (Å²) in [5.74, 6) is 1.93. The van der Waals surface area contributed by atoms with Gasteiger partial charge in [0.25, 0.3) is 0 Å². The molecule has 5 nitrogen and oxygen atoms in total. The van der Waals surface area contributed by atoms with E-state index in [9.17, 15) is 4.79 Å². The van der Waals surface area contributed by atoms with Crippen molar-refractivity contribution in [3.05, 3.63) is 47.0 Å². The van der Waals surface area contributed by atoms with Gasteiger partial charge in [-0.05, 0) is 37.1 Å². The normalized spacial score (nSPS) is 10.2. The lowest BCUT2D eigenvalue weighted by Gasteiger charge is -2.11. The number of anilines is 1. The molecule has 2 aromatic carbocycles. The molecule has 0 spiro atoms. The van der Waals surface area contributed by atoms with E-state index in [0.717, 1.165) is 11.3 Å². The van der Waals surface area contributed by atoms with Gasteiger partial charge in [-0.2, -0.15) is 0 Å². The van der Waals surface area contributed by atoms with Crippen LogP contribution in [0.2, 0.25) is 5.02 Å². The minimum Gasteiger partial charge on any atom is -0.497 e. The van der Waals surface area contributed by atoms with Gasteiger partial charge in [-0.3, -0.25) is 4.79 Å². The zero-order valence-corrected chi connectivity index (χ0v) is 15.4. The molecule has 134 valence electrons. The molecular weight excluding hydrogens is 342 g/mol. The summed E-state index contributed by atoms with van der Waals surface area (Å²) in [4.78, 5) is 12.1. The third kappa shape index (κ3) is 5.87. The molecule has 2 aromatic rings. The summed E-state index contributed by atoms with van der Waals surface area (Å²) < 4.78 is 16.1. The smallest absolute Gasteiger partial charge is 0.224 e. The Morgan fingerprint density at radius 3 is 2.36 bits per heavy atom. The van der Waals surface area contributed by atoms with Crippen molar-refractivity contribution in [1.29, 1.82) is 0 Å². The van der Waals surface area contributed by atoms with Gasteiger partial charge in [-0.15, -0.1) is 0 Å². The van der Waals surface area contributed by atoms with Crippen LogP contribution in [-0.2, 0) is 4.79 Å². The van der Waals surface area contributed by atoms with E-state index in [1.54, 1.807) is 38.5 Å². The van der Waals surface area contributed by atoms with E-state index in [4.69, 9.17) is 25.8 Å². The van der Waals surface area contributed by atoms with Gasteiger partial charge in [0.1, 0.15) is 17.2 Å². The fraction of sp³-hybridized carbons (Fsp3) is 0.316. The second kappa shape index (κ2) is 9.18. The second-order valence-corrected chi connectivity index (χ2v) is 5.95. The highest BCUT2D eigenvalue weighted by Crippen LogP contribution is 2.26. The molecule has 0 aliphatic heterocycles. The van der Waals surface area contributed by atoms with Crippen LogP contribution in [0.1, 0.15) is 18.4 Å². The Morgan fingerprint density at radius 1 is 1.08 bits per heavy atom. The molecule has 0 aliphatic rings. The molecule has 0 saturated carbocycles. The molecule has 0 unspecified atom stereocenters. The number of methoxy groups -OCH3 is 2. The number of benzene rings is 2. The Kier molecular flexibility index (Phi) is 6.95. The van der Waals surface area contributed by atoms with Gasteiger partial charge in [0.2, 0.25) is 5.91 Å². The molecule has 0 aliphatic carbocycles. The highest BCUT2D eigenvalue weighted by Gasteiger charge is 2.07. The lowest BCUT2D eigenvalue weighted by atomic mass is 10.2. The second-order valence-electron chi connectivity index (χ2n) is 5.51. The minimum absolute atomic E-state index is 0.0910. The van der Waals surface area contributed by atoms with Gasteiger partial charge in [0.05, 0.1) is 20.8 Å². The SMILES string of the molecule is COc1cc(NC(=O)CCCOc2ccc(Cl)cc2C)cc(OC)c1. The predicted molar refractivity (Wildman–Crippen MR) is 99.1 cm³/mol. The molecule has 0 fully saturated rings. The molecule has 6 heteroatoms. The highest BCUT2D eigenvalue weighted by molar-refractivity contribution is 6.30. The van der Waals surface area contributed by atoms with Crippen LogP contribution in [0, 0.1) is 6.92 Å². The van der Waals surface area contributed by atoms with E-state index in [1.165, 1.54) is 0 Å². The van der Waals surface area contributed by atoms with E-state index in [2.05, 4.69) is 5.32 Å². The largest absolute Gasteiger partial charge is 0.497 e. The van der Waals surface area contributed by atoms with Crippen LogP contribution in [0.5, 0.6) is 17.2 Å². The number of amides is 1. The standard InChI is InChI=1S/C19H22ClNO4/c1-13-9-14(20)6-7-18(13)25-8-4-5-19(22)21-15-10-16(23-2)12-17(11-15)24-3/h6-7,9-12H,4-5,8H2,1-3H3,(H,21,22). The number of carbonyl (C=O) groups is 1. The zero-order valence-electron chi connectivity index (χ0n) is 14.6. The van der Waals surface area contributed by atoms with Crippen molar-refractivity contribution in [2.75, 3.05) is 26.1 Å².